The van der Waals surface area contributed by atoms with Gasteiger partial charge in [-0.15, -0.1) is 0 Å². The zero-order valence-electron chi connectivity index (χ0n) is 15.5. The van der Waals surface area contributed by atoms with Gasteiger partial charge in [-0.3, -0.25) is 10.2 Å². The first-order chi connectivity index (χ1) is 13.2. The van der Waals surface area contributed by atoms with Gasteiger partial charge in [-0.05, 0) is 61.3 Å². The molecular formula is C23H25ClN2O. The summed E-state index contributed by atoms with van der Waals surface area (Å²) in [4.78, 5) is 12.7. The molecule has 0 saturated carbocycles. The van der Waals surface area contributed by atoms with E-state index < -0.39 is 0 Å². The number of halogens is 1. The Kier molecular flexibility index (Phi) is 5.61. The first kappa shape index (κ1) is 18.3. The van der Waals surface area contributed by atoms with Crippen LogP contribution < -0.4 is 5.43 Å². The lowest BCUT2D eigenvalue weighted by Crippen LogP contribution is -2.55. The number of hydrogen-bond acceptors (Lipinski definition) is 2. The van der Waals surface area contributed by atoms with Crippen molar-refractivity contribution in [2.75, 3.05) is 6.54 Å². The van der Waals surface area contributed by atoms with Crippen LogP contribution in [0.3, 0.4) is 0 Å². The van der Waals surface area contributed by atoms with Crippen molar-refractivity contribution in [1.82, 2.24) is 10.4 Å². The molecule has 0 radical (unpaired) electrons. The minimum Gasteiger partial charge on any atom is -0.284 e. The lowest BCUT2D eigenvalue weighted by Gasteiger charge is -2.40. The Bertz CT molecular complexity index is 846. The summed E-state index contributed by atoms with van der Waals surface area (Å²) >= 11 is 6.33. The zero-order chi connectivity index (χ0) is 18.6. The largest absolute Gasteiger partial charge is 0.284 e. The van der Waals surface area contributed by atoms with Crippen LogP contribution in [0.1, 0.15) is 36.8 Å². The molecule has 1 aliphatic carbocycles. The minimum atomic E-state index is 0.0909. The van der Waals surface area contributed by atoms with Crippen molar-refractivity contribution >= 4 is 17.5 Å². The van der Waals surface area contributed by atoms with Crippen LogP contribution in [0.5, 0.6) is 0 Å². The smallest absolute Gasteiger partial charge is 0.261 e. The third-order valence-corrected chi connectivity index (χ3v) is 6.03. The van der Waals surface area contributed by atoms with Gasteiger partial charge in [0.05, 0.1) is 6.04 Å². The maximum atomic E-state index is 12.7. The molecular weight excluding hydrogens is 356 g/mol. The maximum Gasteiger partial charge on any atom is 0.261 e. The lowest BCUT2D eigenvalue weighted by molar-refractivity contribution is -0.124. The third kappa shape index (κ3) is 4.10. The van der Waals surface area contributed by atoms with Gasteiger partial charge in [-0.2, -0.15) is 0 Å². The van der Waals surface area contributed by atoms with Gasteiger partial charge < -0.3 is 0 Å². The predicted octanol–water partition coefficient (Wildman–Crippen LogP) is 4.71. The summed E-state index contributed by atoms with van der Waals surface area (Å²) in [7, 11) is 0. The molecule has 1 heterocycles. The predicted molar refractivity (Wildman–Crippen MR) is 109 cm³/mol. The van der Waals surface area contributed by atoms with Crippen LogP contribution in [0, 0.1) is 0 Å². The van der Waals surface area contributed by atoms with Crippen molar-refractivity contribution < 1.29 is 4.79 Å². The number of rotatable bonds is 5. The molecule has 1 amide bonds. The van der Waals surface area contributed by atoms with E-state index in [1.54, 1.807) is 0 Å². The molecule has 0 fully saturated rings. The molecule has 4 heteroatoms. The molecule has 0 saturated heterocycles. The van der Waals surface area contributed by atoms with Crippen molar-refractivity contribution in [3.05, 3.63) is 81.9 Å². The van der Waals surface area contributed by atoms with E-state index >= 15 is 0 Å². The van der Waals surface area contributed by atoms with E-state index in [1.165, 1.54) is 17.6 Å². The van der Waals surface area contributed by atoms with Gasteiger partial charge in [-0.1, -0.05) is 60.1 Å². The summed E-state index contributed by atoms with van der Waals surface area (Å²) in [6, 6.07) is 18.7. The highest BCUT2D eigenvalue weighted by atomic mass is 35.5. The Hall–Kier alpha value is -2.10. The van der Waals surface area contributed by atoms with Crippen LogP contribution in [0.25, 0.3) is 0 Å². The number of nitrogens with one attached hydrogen (secondary N) is 1. The van der Waals surface area contributed by atoms with E-state index in [-0.39, 0.29) is 11.9 Å². The Labute approximate surface area is 166 Å². The number of hydrogen-bond donors (Lipinski definition) is 1. The van der Waals surface area contributed by atoms with Crippen LogP contribution in [0.2, 0.25) is 5.02 Å². The van der Waals surface area contributed by atoms with Gasteiger partial charge >= 0.3 is 0 Å². The minimum absolute atomic E-state index is 0.0909. The molecule has 3 nitrogen and oxygen atoms in total. The molecule has 1 unspecified atom stereocenters. The van der Waals surface area contributed by atoms with E-state index in [0.717, 1.165) is 54.8 Å². The fourth-order valence-corrected chi connectivity index (χ4v) is 4.47. The average molecular weight is 381 g/mol. The fraction of sp³-hybridized carbons (Fsp3) is 0.348. The van der Waals surface area contributed by atoms with Crippen molar-refractivity contribution in [2.24, 2.45) is 0 Å². The van der Waals surface area contributed by atoms with Gasteiger partial charge in [0.15, 0.2) is 0 Å². The number of hydrazine groups is 1. The van der Waals surface area contributed by atoms with Crippen LogP contribution in [0.4, 0.5) is 0 Å². The zero-order valence-corrected chi connectivity index (χ0v) is 16.2. The Morgan fingerprint density at radius 2 is 1.74 bits per heavy atom. The summed E-state index contributed by atoms with van der Waals surface area (Å²) < 4.78 is 0. The normalized spacial score (nSPS) is 20.3. The topological polar surface area (TPSA) is 32.3 Å². The highest BCUT2D eigenvalue weighted by Crippen LogP contribution is 2.33. The molecule has 2 aromatic carbocycles. The number of carbonyl (C=O) groups is 1. The molecule has 27 heavy (non-hydrogen) atoms. The number of nitrogens with zero attached hydrogens (tertiary/aromatic N) is 1. The number of carbonyl (C=O) groups excluding carboxylic acids is 1. The Morgan fingerprint density at radius 3 is 2.56 bits per heavy atom. The first-order valence-electron chi connectivity index (χ1n) is 9.79. The number of benzene rings is 2. The monoisotopic (exact) mass is 380 g/mol. The Balaban J connectivity index is 1.59. The summed E-state index contributed by atoms with van der Waals surface area (Å²) in [6.45, 7) is 0.754. The lowest BCUT2D eigenvalue weighted by atomic mass is 9.83. The van der Waals surface area contributed by atoms with Crippen molar-refractivity contribution in [1.29, 1.82) is 0 Å². The molecule has 140 valence electrons. The van der Waals surface area contributed by atoms with Crippen LogP contribution in [-0.4, -0.2) is 23.5 Å². The van der Waals surface area contributed by atoms with E-state index in [1.807, 2.05) is 24.3 Å². The van der Waals surface area contributed by atoms with Crippen molar-refractivity contribution in [3.8, 4) is 0 Å². The summed E-state index contributed by atoms with van der Waals surface area (Å²) in [5.41, 5.74) is 7.96. The quantitative estimate of drug-likeness (QED) is 0.814. The second-order valence-electron chi connectivity index (χ2n) is 7.39. The molecule has 0 bridgehead atoms. The summed E-state index contributed by atoms with van der Waals surface area (Å²) in [5.74, 6) is 0.0909. The van der Waals surface area contributed by atoms with E-state index in [0.29, 0.717) is 0 Å². The summed E-state index contributed by atoms with van der Waals surface area (Å²) in [6.07, 6.45) is 5.96. The number of amides is 1. The maximum absolute atomic E-state index is 12.7. The van der Waals surface area contributed by atoms with Gasteiger partial charge in [0.2, 0.25) is 0 Å². The van der Waals surface area contributed by atoms with E-state index in [2.05, 4.69) is 40.8 Å². The average Bonchev–Trinajstić information content (AvgIpc) is 2.71. The third-order valence-electron chi connectivity index (χ3n) is 5.66. The first-order valence-corrected chi connectivity index (χ1v) is 10.2. The van der Waals surface area contributed by atoms with Crippen molar-refractivity contribution in [3.63, 3.8) is 0 Å². The van der Waals surface area contributed by atoms with Crippen LogP contribution in [0.15, 0.2) is 65.7 Å². The fourth-order valence-electron chi connectivity index (χ4n) is 4.24. The van der Waals surface area contributed by atoms with Gasteiger partial charge in [0, 0.05) is 17.1 Å². The van der Waals surface area contributed by atoms with Crippen molar-refractivity contribution in [2.45, 2.75) is 44.6 Å². The molecule has 2 aromatic rings. The molecule has 0 spiro atoms. The second-order valence-corrected chi connectivity index (χ2v) is 7.80. The van der Waals surface area contributed by atoms with Crippen LogP contribution in [-0.2, 0) is 17.6 Å². The molecule has 0 aromatic heterocycles. The molecule has 2 aliphatic rings. The van der Waals surface area contributed by atoms with Gasteiger partial charge in [-0.25, -0.2) is 5.01 Å². The highest BCUT2D eigenvalue weighted by Gasteiger charge is 2.34. The van der Waals surface area contributed by atoms with Gasteiger partial charge in [0.1, 0.15) is 0 Å². The molecule has 1 atom stereocenters. The van der Waals surface area contributed by atoms with E-state index in [9.17, 15) is 4.79 Å². The van der Waals surface area contributed by atoms with Crippen LogP contribution >= 0.6 is 11.6 Å². The standard InChI is InChI=1S/C23H25ClN2O/c24-21-13-7-4-10-18(21)14-15-26-22(16-17-8-2-1-3-9-17)19-11-5-6-12-20(19)23(27)25-26/h1-4,7-10,13,22H,5-6,11-12,14-16H2,(H,25,27). The highest BCUT2D eigenvalue weighted by molar-refractivity contribution is 6.31. The SMILES string of the molecule is O=C1NN(CCc2ccccc2Cl)C(Cc2ccccc2)C2=C1CCCC2. The summed E-state index contributed by atoms with van der Waals surface area (Å²) in [5, 5.41) is 2.93. The van der Waals surface area contributed by atoms with Gasteiger partial charge in [0.25, 0.3) is 5.91 Å². The second kappa shape index (κ2) is 8.28. The Morgan fingerprint density at radius 1 is 1.00 bits per heavy atom. The van der Waals surface area contributed by atoms with E-state index in [4.69, 9.17) is 11.6 Å². The molecule has 1 N–H and O–H groups in total. The molecule has 4 rings (SSSR count). The molecule has 1 aliphatic heterocycles.